The van der Waals surface area contributed by atoms with Crippen molar-refractivity contribution in [3.8, 4) is 5.75 Å². The Morgan fingerprint density at radius 2 is 1.70 bits per heavy atom. The number of rotatable bonds is 8. The third-order valence-corrected chi connectivity index (χ3v) is 4.92. The summed E-state index contributed by atoms with van der Waals surface area (Å²) in [6, 6.07) is 14.9. The number of carbonyl (C=O) groups excluding carboxylic acids is 2. The molecule has 5 heteroatoms. The fourth-order valence-corrected chi connectivity index (χ4v) is 3.18. The van der Waals surface area contributed by atoms with Gasteiger partial charge in [0.1, 0.15) is 11.8 Å². The summed E-state index contributed by atoms with van der Waals surface area (Å²) in [5, 5.41) is 3.01. The van der Waals surface area contributed by atoms with Crippen molar-refractivity contribution in [2.75, 3.05) is 6.61 Å². The Kier molecular flexibility index (Phi) is 8.04. The summed E-state index contributed by atoms with van der Waals surface area (Å²) >= 11 is 0. The predicted molar refractivity (Wildman–Crippen MR) is 120 cm³/mol. The van der Waals surface area contributed by atoms with Crippen LogP contribution in [0.3, 0.4) is 0 Å². The van der Waals surface area contributed by atoms with E-state index in [1.807, 2.05) is 90.1 Å². The fourth-order valence-electron chi connectivity index (χ4n) is 3.18. The number of hydrogen-bond donors (Lipinski definition) is 1. The zero-order valence-corrected chi connectivity index (χ0v) is 19.0. The van der Waals surface area contributed by atoms with Crippen LogP contribution in [0.15, 0.2) is 48.5 Å². The van der Waals surface area contributed by atoms with E-state index in [0.717, 1.165) is 11.1 Å². The minimum Gasteiger partial charge on any atom is -0.484 e. The van der Waals surface area contributed by atoms with Gasteiger partial charge >= 0.3 is 0 Å². The molecule has 2 aromatic rings. The van der Waals surface area contributed by atoms with Crippen molar-refractivity contribution >= 4 is 11.8 Å². The van der Waals surface area contributed by atoms with Gasteiger partial charge in [0.2, 0.25) is 5.91 Å². The van der Waals surface area contributed by atoms with Crippen molar-refractivity contribution in [1.82, 2.24) is 10.2 Å². The summed E-state index contributed by atoms with van der Waals surface area (Å²) in [5.41, 5.74) is 2.88. The number of benzene rings is 2. The number of amides is 2. The minimum absolute atomic E-state index is 0.116. The number of hydrogen-bond acceptors (Lipinski definition) is 3. The Morgan fingerprint density at radius 3 is 2.27 bits per heavy atom. The average Bonchev–Trinajstić information content (AvgIpc) is 2.68. The van der Waals surface area contributed by atoms with Crippen LogP contribution < -0.4 is 10.1 Å². The van der Waals surface area contributed by atoms with Crippen LogP contribution in [-0.2, 0) is 16.1 Å². The van der Waals surface area contributed by atoms with Gasteiger partial charge in [0.15, 0.2) is 6.61 Å². The highest BCUT2D eigenvalue weighted by Crippen LogP contribution is 2.18. The summed E-state index contributed by atoms with van der Waals surface area (Å²) in [6.07, 6.45) is 0.518. The van der Waals surface area contributed by atoms with Crippen molar-refractivity contribution in [2.24, 2.45) is 0 Å². The zero-order valence-electron chi connectivity index (χ0n) is 19.0. The van der Waals surface area contributed by atoms with Gasteiger partial charge in [-0.3, -0.25) is 9.59 Å². The largest absolute Gasteiger partial charge is 0.484 e. The molecule has 0 heterocycles. The fraction of sp³-hybridized carbons (Fsp3) is 0.440. The van der Waals surface area contributed by atoms with Crippen LogP contribution in [0.25, 0.3) is 0 Å². The molecular formula is C25H34N2O3. The van der Waals surface area contributed by atoms with E-state index in [1.165, 1.54) is 5.56 Å². The van der Waals surface area contributed by atoms with Crippen LogP contribution in [0, 0.1) is 13.8 Å². The lowest BCUT2D eigenvalue weighted by Gasteiger charge is -2.33. The molecule has 162 valence electrons. The van der Waals surface area contributed by atoms with Crippen LogP contribution >= 0.6 is 0 Å². The first-order valence-corrected chi connectivity index (χ1v) is 10.5. The molecule has 1 atom stereocenters. The van der Waals surface area contributed by atoms with Crippen molar-refractivity contribution in [3.05, 3.63) is 65.2 Å². The average molecular weight is 411 g/mol. The molecule has 0 spiro atoms. The standard InChI is InChI=1S/C25H34N2O3/c1-7-22(24(29)26-25(4,5)6)27(16-20-11-9-8-10-12-20)23(28)17-30-21-14-13-18(2)19(3)15-21/h8-15,22H,7,16-17H2,1-6H3,(H,26,29)/t22-/m0/s1. The first-order valence-electron chi connectivity index (χ1n) is 10.5. The van der Waals surface area contributed by atoms with Gasteiger partial charge < -0.3 is 15.0 Å². The molecule has 0 saturated carbocycles. The maximum Gasteiger partial charge on any atom is 0.261 e. The molecule has 0 radical (unpaired) electrons. The van der Waals surface area contributed by atoms with Crippen LogP contribution in [0.4, 0.5) is 0 Å². The van der Waals surface area contributed by atoms with Gasteiger partial charge in [0.25, 0.3) is 5.91 Å². The van der Waals surface area contributed by atoms with E-state index in [2.05, 4.69) is 5.32 Å². The predicted octanol–water partition coefficient (Wildman–Crippen LogP) is 4.40. The third-order valence-electron chi connectivity index (χ3n) is 4.92. The molecule has 0 aromatic heterocycles. The minimum atomic E-state index is -0.569. The molecule has 0 bridgehead atoms. The third kappa shape index (κ3) is 6.90. The summed E-state index contributed by atoms with van der Waals surface area (Å²) in [6.45, 7) is 12.0. The van der Waals surface area contributed by atoms with Crippen LogP contribution in [0.5, 0.6) is 5.75 Å². The molecule has 0 fully saturated rings. The molecule has 0 aliphatic carbocycles. The van der Waals surface area contributed by atoms with E-state index >= 15 is 0 Å². The van der Waals surface area contributed by atoms with E-state index in [4.69, 9.17) is 4.74 Å². The van der Waals surface area contributed by atoms with Crippen molar-refractivity contribution in [2.45, 2.75) is 66.1 Å². The van der Waals surface area contributed by atoms with Gasteiger partial charge in [0, 0.05) is 12.1 Å². The quantitative estimate of drug-likeness (QED) is 0.701. The van der Waals surface area contributed by atoms with Gasteiger partial charge in [-0.2, -0.15) is 0 Å². The molecule has 0 saturated heterocycles. The van der Waals surface area contributed by atoms with Gasteiger partial charge in [-0.05, 0) is 69.9 Å². The Balaban J connectivity index is 2.21. The highest BCUT2D eigenvalue weighted by Gasteiger charge is 2.30. The molecule has 0 unspecified atom stereocenters. The van der Waals surface area contributed by atoms with Crippen molar-refractivity contribution < 1.29 is 14.3 Å². The topological polar surface area (TPSA) is 58.6 Å². The summed E-state index contributed by atoms with van der Waals surface area (Å²) < 4.78 is 5.77. The van der Waals surface area contributed by atoms with E-state index < -0.39 is 6.04 Å². The van der Waals surface area contributed by atoms with E-state index in [0.29, 0.717) is 18.7 Å². The van der Waals surface area contributed by atoms with Gasteiger partial charge in [-0.15, -0.1) is 0 Å². The second-order valence-corrected chi connectivity index (χ2v) is 8.71. The van der Waals surface area contributed by atoms with Crippen LogP contribution in [-0.4, -0.2) is 34.9 Å². The van der Waals surface area contributed by atoms with E-state index in [-0.39, 0.29) is 24.0 Å². The smallest absolute Gasteiger partial charge is 0.261 e. The van der Waals surface area contributed by atoms with Gasteiger partial charge in [-0.1, -0.05) is 43.3 Å². The molecule has 30 heavy (non-hydrogen) atoms. The Morgan fingerprint density at radius 1 is 1.03 bits per heavy atom. The maximum absolute atomic E-state index is 13.2. The van der Waals surface area contributed by atoms with Crippen LogP contribution in [0.2, 0.25) is 0 Å². The zero-order chi connectivity index (χ0) is 22.3. The highest BCUT2D eigenvalue weighted by molar-refractivity contribution is 5.88. The maximum atomic E-state index is 13.2. The highest BCUT2D eigenvalue weighted by atomic mass is 16.5. The second kappa shape index (κ2) is 10.3. The lowest BCUT2D eigenvalue weighted by Crippen LogP contribution is -2.54. The number of nitrogens with one attached hydrogen (secondary N) is 1. The Labute approximate surface area is 180 Å². The molecule has 0 aliphatic heterocycles. The van der Waals surface area contributed by atoms with Gasteiger partial charge in [0.05, 0.1) is 0 Å². The first-order chi connectivity index (χ1) is 14.1. The van der Waals surface area contributed by atoms with Crippen molar-refractivity contribution in [1.29, 1.82) is 0 Å². The van der Waals surface area contributed by atoms with Gasteiger partial charge in [-0.25, -0.2) is 0 Å². The molecule has 2 amide bonds. The molecule has 5 nitrogen and oxygen atoms in total. The number of aryl methyl sites for hydroxylation is 2. The van der Waals surface area contributed by atoms with Crippen LogP contribution in [0.1, 0.15) is 50.8 Å². The SMILES string of the molecule is CC[C@@H](C(=O)NC(C)(C)C)N(Cc1ccccc1)C(=O)COc1ccc(C)c(C)c1. The summed E-state index contributed by atoms with van der Waals surface area (Å²) in [5.74, 6) is 0.284. The summed E-state index contributed by atoms with van der Waals surface area (Å²) in [4.78, 5) is 27.7. The normalized spacial score (nSPS) is 12.2. The van der Waals surface area contributed by atoms with Crippen molar-refractivity contribution in [3.63, 3.8) is 0 Å². The van der Waals surface area contributed by atoms with E-state index in [1.54, 1.807) is 4.90 Å². The molecule has 0 aliphatic rings. The molecule has 2 rings (SSSR count). The Hall–Kier alpha value is -2.82. The monoisotopic (exact) mass is 410 g/mol. The second-order valence-electron chi connectivity index (χ2n) is 8.71. The lowest BCUT2D eigenvalue weighted by atomic mass is 10.1. The summed E-state index contributed by atoms with van der Waals surface area (Å²) in [7, 11) is 0. The number of nitrogens with zero attached hydrogens (tertiary/aromatic N) is 1. The molecule has 2 aromatic carbocycles. The molecule has 1 N–H and O–H groups in total. The number of carbonyl (C=O) groups is 2. The molecular weight excluding hydrogens is 376 g/mol. The Bertz CT molecular complexity index is 856. The first kappa shape index (κ1) is 23.5. The van der Waals surface area contributed by atoms with E-state index in [9.17, 15) is 9.59 Å². The lowest BCUT2D eigenvalue weighted by molar-refractivity contribution is -0.143. The number of ether oxygens (including phenoxy) is 1.